The summed E-state index contributed by atoms with van der Waals surface area (Å²) < 4.78 is 42.2. The molecule has 452 valence electrons. The number of pyridine rings is 1. The third kappa shape index (κ3) is 9.05. The third-order valence-electron chi connectivity index (χ3n) is 19.3. The molecule has 0 unspecified atom stereocenters. The summed E-state index contributed by atoms with van der Waals surface area (Å²) in [7, 11) is 0. The van der Waals surface area contributed by atoms with E-state index in [-0.39, 0.29) is 21.8 Å². The minimum absolute atomic E-state index is 0.0962. The minimum Gasteiger partial charge on any atom is -0.0622 e. The zero-order valence-corrected chi connectivity index (χ0v) is 55.5. The zero-order valence-electron chi connectivity index (χ0n) is 56.3. The van der Waals surface area contributed by atoms with E-state index in [0.29, 0.717) is 22.9 Å². The molecule has 0 saturated carbocycles. The number of imidazole rings is 1. The summed E-state index contributed by atoms with van der Waals surface area (Å²) in [4.78, 5) is 5.24. The van der Waals surface area contributed by atoms with Crippen LogP contribution in [-0.4, -0.2) is 18.7 Å². The van der Waals surface area contributed by atoms with Crippen LogP contribution >= 0.6 is 0 Å². The van der Waals surface area contributed by atoms with Crippen LogP contribution in [0.5, 0.6) is 11.5 Å². The number of hydrogen-bond acceptors (Lipinski definition) is 2. The van der Waals surface area contributed by atoms with Gasteiger partial charge in [-0.05, 0) is 62.5 Å². The van der Waals surface area contributed by atoms with Crippen LogP contribution in [0.4, 0.5) is 0 Å². The molecule has 3 aromatic heterocycles. The second kappa shape index (κ2) is 21.2. The van der Waals surface area contributed by atoms with Crippen molar-refractivity contribution in [1.82, 2.24) is 18.7 Å². The summed E-state index contributed by atoms with van der Waals surface area (Å²) in [5.74, 6) is 1.77. The molecule has 3 heterocycles. The molecule has 5 nitrogen and oxygen atoms in total. The molecule has 0 aliphatic heterocycles. The van der Waals surface area contributed by atoms with Crippen molar-refractivity contribution >= 4 is 32.8 Å². The molecule has 11 aromatic carbocycles. The standard InChI is InChI=1S/C86H72N4O.Pt/c1-54-42-81(87-52-72(54)56-28-15-12-16-29-56)90-79-49-63(40-41-67(79)71-50-70-66-34-19-22-37-75(66)86(76(70)51-80(71)90)73-35-20-17-32-64(73)65-33-18-21-36-74(65)86)91-62-31-25-30-61(48-62)88-53-89(78-39-24-23-38-77(78)88)82-68(55-26-13-11-14-27-55)46-60(85(8,9)10)47-69(82)57-43-58(83(2,3)4)45-59(44-57)84(5,6)7;/h11-52H,1-10H3;/i1D3;. The van der Waals surface area contributed by atoms with Crippen molar-refractivity contribution in [3.63, 3.8) is 0 Å². The Bertz CT molecular complexity index is 5460. The van der Waals surface area contributed by atoms with E-state index in [1.54, 1.807) is 12.3 Å². The Morgan fingerprint density at radius 2 is 0.891 bits per heavy atom. The molecule has 2 aliphatic rings. The van der Waals surface area contributed by atoms with Crippen molar-refractivity contribution in [1.29, 1.82) is 0 Å². The van der Waals surface area contributed by atoms with Crippen molar-refractivity contribution in [3.05, 3.63) is 303 Å². The number of aromatic nitrogens is 4. The van der Waals surface area contributed by atoms with E-state index in [4.69, 9.17) is 13.8 Å². The van der Waals surface area contributed by atoms with Crippen LogP contribution in [-0.2, 0) is 41.0 Å². The summed E-state index contributed by atoms with van der Waals surface area (Å²) in [6.07, 6.45) is 1.73. The van der Waals surface area contributed by atoms with Gasteiger partial charge in [-0.3, -0.25) is 0 Å². The smallest absolute Gasteiger partial charge is 0.0622 e. The number of fused-ring (bicyclic) bond motifs is 14. The van der Waals surface area contributed by atoms with Crippen LogP contribution < -0.4 is 4.74 Å². The summed E-state index contributed by atoms with van der Waals surface area (Å²) in [5, 5.41) is 2.01. The maximum atomic E-state index is 9.02. The number of rotatable bonds is 8. The number of hydrogen-bond donors (Lipinski definition) is 0. The van der Waals surface area contributed by atoms with Crippen molar-refractivity contribution in [2.24, 2.45) is 0 Å². The van der Waals surface area contributed by atoms with Gasteiger partial charge in [-0.1, -0.05) is 103 Å². The number of nitrogens with zero attached hydrogens (tertiary/aromatic N) is 4. The minimum atomic E-state index is -2.45. The first-order chi connectivity index (χ1) is 45.6. The van der Waals surface area contributed by atoms with Crippen LogP contribution in [0.15, 0.2) is 255 Å². The molecule has 14 aromatic rings. The topological polar surface area (TPSA) is 36.9 Å². The second-order valence-corrected chi connectivity index (χ2v) is 29.1. The molecule has 92 heavy (non-hydrogen) atoms. The van der Waals surface area contributed by atoms with Crippen LogP contribution in [0.3, 0.4) is 0 Å². The van der Waals surface area contributed by atoms with Gasteiger partial charge in [0.25, 0.3) is 0 Å². The Balaban J connectivity index is 0.888. The first-order valence-electron chi connectivity index (χ1n) is 33.4. The van der Waals surface area contributed by atoms with Crippen molar-refractivity contribution in [3.8, 4) is 84.3 Å². The summed E-state index contributed by atoms with van der Waals surface area (Å²) in [5.41, 5.74) is 24.8. The van der Waals surface area contributed by atoms with E-state index in [9.17, 15) is 0 Å². The van der Waals surface area contributed by atoms with E-state index >= 15 is 0 Å². The van der Waals surface area contributed by atoms with Crippen LogP contribution in [0.2, 0.25) is 0 Å². The van der Waals surface area contributed by atoms with Crippen molar-refractivity contribution < 1.29 is 28.2 Å². The molecular formula is C86H72N4OPt. The quantitative estimate of drug-likeness (QED) is 0.152. The van der Waals surface area contributed by atoms with Crippen LogP contribution in [0, 0.1) is 10.7 Å². The predicted molar refractivity (Wildman–Crippen MR) is 378 cm³/mol. The normalized spacial score (nSPS) is 13.9. The molecule has 0 amide bonds. The number of aryl methyl sites for hydroxylation is 1. The van der Waals surface area contributed by atoms with Gasteiger partial charge in [-0.15, -0.1) is 0 Å². The molecule has 6 heteroatoms. The Morgan fingerprint density at radius 1 is 0.380 bits per heavy atom. The molecule has 1 spiro atoms. The molecule has 0 atom stereocenters. The van der Waals surface area contributed by atoms with Gasteiger partial charge in [-0.2, -0.15) is 0 Å². The van der Waals surface area contributed by atoms with Crippen LogP contribution in [0.25, 0.3) is 106 Å². The number of para-hydroxylation sites is 2. The van der Waals surface area contributed by atoms with Gasteiger partial charge in [0, 0.05) is 15.9 Å². The Kier molecular flexibility index (Phi) is 12.5. The van der Waals surface area contributed by atoms with Crippen molar-refractivity contribution in [2.45, 2.75) is 90.8 Å². The molecule has 0 fully saturated rings. The fraction of sp³-hybridized carbons (Fsp3) is 0.163. The first-order valence-corrected chi connectivity index (χ1v) is 33.0. The number of ether oxygens (including phenoxy) is 1. The van der Waals surface area contributed by atoms with Gasteiger partial charge >= 0.3 is 371 Å². The van der Waals surface area contributed by atoms with E-state index < -0.39 is 12.3 Å². The maximum absolute atomic E-state index is 9.02. The van der Waals surface area contributed by atoms with E-state index in [1.165, 1.54) is 72.3 Å². The SMILES string of the molecule is [2H]C([2H])([2H])c1cc(-n2c3cc(Oc4cccc(-n5[c](=[Pt])n(-c6c(-c7ccccc7)cc(C(C)(C)C)cc6-c6cc(C(C)(C)C)cc(C(C)(C)C)c6)c6ccccc65)c4)ccc3c3cc4c(cc32)C2(c3ccccc3-c3ccccc32)c2ccccc2-4)ncc1-c1ccccc1. The van der Waals surface area contributed by atoms with Gasteiger partial charge in [0.2, 0.25) is 0 Å². The molecule has 2 aliphatic carbocycles. The second-order valence-electron chi connectivity index (χ2n) is 28.1. The summed E-state index contributed by atoms with van der Waals surface area (Å²) >= 11 is 2.55. The molecule has 0 N–H and O–H groups in total. The molecule has 0 saturated heterocycles. The van der Waals surface area contributed by atoms with E-state index in [0.717, 1.165) is 64.7 Å². The fourth-order valence-electron chi connectivity index (χ4n) is 14.7. The molecular weight excluding hydrogens is 1300 g/mol. The summed E-state index contributed by atoms with van der Waals surface area (Å²) in [6, 6.07) is 89.2. The Morgan fingerprint density at radius 3 is 1.49 bits per heavy atom. The summed E-state index contributed by atoms with van der Waals surface area (Å²) in [6.45, 7) is 18.4. The van der Waals surface area contributed by atoms with Gasteiger partial charge in [-0.25, -0.2) is 0 Å². The first kappa shape index (κ1) is 54.1. The fourth-order valence-corrected chi connectivity index (χ4v) is 15.8. The van der Waals surface area contributed by atoms with Gasteiger partial charge in [0.15, 0.2) is 0 Å². The molecule has 16 rings (SSSR count). The average molecular weight is 1380 g/mol. The number of benzene rings is 11. The zero-order chi connectivity index (χ0) is 65.7. The van der Waals surface area contributed by atoms with E-state index in [2.05, 4.69) is 302 Å². The third-order valence-corrected chi connectivity index (χ3v) is 20.4. The molecule has 0 bridgehead atoms. The predicted octanol–water partition coefficient (Wildman–Crippen LogP) is 22.3. The van der Waals surface area contributed by atoms with Gasteiger partial charge in [0.1, 0.15) is 0 Å². The van der Waals surface area contributed by atoms with Crippen LogP contribution in [0.1, 0.15) is 111 Å². The molecule has 0 radical (unpaired) electrons. The Labute approximate surface area is 554 Å². The monoisotopic (exact) mass is 1370 g/mol. The Hall–Kier alpha value is -9.67. The average Bonchev–Trinajstić information content (AvgIpc) is 1.50. The van der Waals surface area contributed by atoms with Gasteiger partial charge < -0.3 is 0 Å². The van der Waals surface area contributed by atoms with E-state index in [1.807, 2.05) is 36.4 Å². The van der Waals surface area contributed by atoms with Crippen molar-refractivity contribution in [2.75, 3.05) is 0 Å². The van der Waals surface area contributed by atoms with Gasteiger partial charge in [0.05, 0.1) is 5.41 Å².